The molecule has 0 unspecified atom stereocenters. The van der Waals surface area contributed by atoms with Crippen LogP contribution in [0.5, 0.6) is 5.75 Å². The average molecular weight is 358 g/mol. The lowest BCUT2D eigenvalue weighted by molar-refractivity contribution is -0.138. The molecule has 0 aliphatic carbocycles. The first-order valence-electron chi connectivity index (χ1n) is 7.12. The molecule has 3 nitrogen and oxygen atoms in total. The summed E-state index contributed by atoms with van der Waals surface area (Å²) in [6.07, 6.45) is -4.53. The van der Waals surface area contributed by atoms with Gasteiger partial charge in [0.25, 0.3) is 0 Å². The number of nitrogens with zero attached hydrogens (tertiary/aromatic N) is 1. The minimum Gasteiger partial charge on any atom is -0.496 e. The maximum absolute atomic E-state index is 13.3. The molecule has 0 fully saturated rings. The molecule has 3 rings (SSSR count). The number of benzene rings is 2. The van der Waals surface area contributed by atoms with Gasteiger partial charge in [-0.25, -0.2) is 4.39 Å². The summed E-state index contributed by atoms with van der Waals surface area (Å²) in [5.74, 6) is -0.622. The first-order chi connectivity index (χ1) is 11.4. The smallest absolute Gasteiger partial charge is 0.420 e. The molecule has 2 aromatic rings. The highest BCUT2D eigenvalue weighted by Gasteiger charge is 2.36. The molecular formula is C16H14F4N2OS. The normalized spacial score (nSPS) is 15.0. The van der Waals surface area contributed by atoms with Crippen molar-refractivity contribution >= 4 is 23.3 Å². The lowest BCUT2D eigenvalue weighted by atomic mass is 10.1. The van der Waals surface area contributed by atoms with Gasteiger partial charge in [0.05, 0.1) is 23.3 Å². The number of halogens is 4. The van der Waals surface area contributed by atoms with E-state index >= 15 is 0 Å². The summed E-state index contributed by atoms with van der Waals surface area (Å²) < 4.78 is 61.1. The van der Waals surface area contributed by atoms with E-state index in [2.05, 4.69) is 4.72 Å². The molecule has 0 atom stereocenters. The number of anilines is 2. The van der Waals surface area contributed by atoms with Crippen LogP contribution in [0, 0.1) is 5.82 Å². The number of methoxy groups -OCH3 is 1. The second-order valence-corrected chi connectivity index (χ2v) is 6.08. The Balaban J connectivity index is 2.15. The van der Waals surface area contributed by atoms with Gasteiger partial charge in [-0.15, -0.1) is 0 Å². The minimum absolute atomic E-state index is 0.225. The summed E-state index contributed by atoms with van der Waals surface area (Å²) in [5, 5.41) is 0. The molecule has 0 saturated heterocycles. The molecule has 128 valence electrons. The van der Waals surface area contributed by atoms with Crippen LogP contribution in [0.25, 0.3) is 0 Å². The molecule has 1 heterocycles. The predicted octanol–water partition coefficient (Wildman–Crippen LogP) is 4.60. The summed E-state index contributed by atoms with van der Waals surface area (Å²) >= 11 is 1.25. The Morgan fingerprint density at radius 3 is 2.50 bits per heavy atom. The highest BCUT2D eigenvalue weighted by atomic mass is 32.2. The molecule has 0 amide bonds. The Kier molecular flexibility index (Phi) is 4.60. The fourth-order valence-electron chi connectivity index (χ4n) is 2.53. The van der Waals surface area contributed by atoms with Gasteiger partial charge in [-0.1, -0.05) is 0 Å². The lowest BCUT2D eigenvalue weighted by Gasteiger charge is -2.26. The highest BCUT2D eigenvalue weighted by molar-refractivity contribution is 7.97. The maximum atomic E-state index is 13.3. The van der Waals surface area contributed by atoms with Gasteiger partial charge in [0.1, 0.15) is 11.6 Å². The van der Waals surface area contributed by atoms with E-state index in [4.69, 9.17) is 4.74 Å². The monoisotopic (exact) mass is 358 g/mol. The summed E-state index contributed by atoms with van der Waals surface area (Å²) in [5.41, 5.74) is 0.198. The molecule has 0 spiro atoms. The lowest BCUT2D eigenvalue weighted by Crippen LogP contribution is -2.23. The van der Waals surface area contributed by atoms with Crippen LogP contribution >= 0.6 is 11.9 Å². The summed E-state index contributed by atoms with van der Waals surface area (Å²) in [6, 6.07) is 8.12. The summed E-state index contributed by atoms with van der Waals surface area (Å²) in [4.78, 5) is 2.35. The van der Waals surface area contributed by atoms with Crippen molar-refractivity contribution < 1.29 is 22.3 Å². The van der Waals surface area contributed by atoms with E-state index < -0.39 is 17.6 Å². The molecule has 1 aliphatic heterocycles. The van der Waals surface area contributed by atoms with E-state index in [1.54, 1.807) is 17.0 Å². The van der Waals surface area contributed by atoms with Gasteiger partial charge in [0, 0.05) is 18.8 Å². The molecule has 1 N–H and O–H groups in total. The van der Waals surface area contributed by atoms with Gasteiger partial charge >= 0.3 is 6.18 Å². The Labute approximate surface area is 140 Å². The molecule has 1 aliphatic rings. The molecule has 0 aromatic heterocycles. The van der Waals surface area contributed by atoms with E-state index in [1.165, 1.54) is 37.3 Å². The fraction of sp³-hybridized carbons (Fsp3) is 0.250. The van der Waals surface area contributed by atoms with Gasteiger partial charge in [0.2, 0.25) is 0 Å². The van der Waals surface area contributed by atoms with E-state index in [9.17, 15) is 17.6 Å². The summed E-state index contributed by atoms with van der Waals surface area (Å²) in [6.45, 7) is 1.01. The molecular weight excluding hydrogens is 344 g/mol. The van der Waals surface area contributed by atoms with E-state index in [0.29, 0.717) is 29.4 Å². The van der Waals surface area contributed by atoms with Crippen LogP contribution in [0.1, 0.15) is 5.56 Å². The van der Waals surface area contributed by atoms with Crippen LogP contribution in [0.4, 0.5) is 28.9 Å². The Morgan fingerprint density at radius 2 is 1.88 bits per heavy atom. The zero-order valence-electron chi connectivity index (χ0n) is 12.7. The van der Waals surface area contributed by atoms with Gasteiger partial charge in [-0.3, -0.25) is 4.72 Å². The number of fused-ring (bicyclic) bond motifs is 1. The van der Waals surface area contributed by atoms with Crippen molar-refractivity contribution in [1.29, 1.82) is 0 Å². The Hall–Kier alpha value is -1.93. The van der Waals surface area contributed by atoms with Crippen LogP contribution in [0.3, 0.4) is 0 Å². The number of hydrogen-bond donors (Lipinski definition) is 1. The van der Waals surface area contributed by atoms with E-state index in [1.807, 2.05) is 0 Å². The molecule has 8 heteroatoms. The number of rotatable bonds is 2. The number of alkyl halides is 3. The zero-order valence-corrected chi connectivity index (χ0v) is 13.5. The van der Waals surface area contributed by atoms with Crippen molar-refractivity contribution in [2.24, 2.45) is 0 Å². The van der Waals surface area contributed by atoms with Crippen molar-refractivity contribution in [1.82, 2.24) is 4.72 Å². The van der Waals surface area contributed by atoms with Crippen LogP contribution in [0.2, 0.25) is 0 Å². The second-order valence-electron chi connectivity index (χ2n) is 5.14. The van der Waals surface area contributed by atoms with Crippen LogP contribution in [-0.2, 0) is 6.18 Å². The fourth-order valence-corrected chi connectivity index (χ4v) is 3.32. The molecule has 24 heavy (non-hydrogen) atoms. The van der Waals surface area contributed by atoms with Crippen molar-refractivity contribution in [2.45, 2.75) is 11.1 Å². The van der Waals surface area contributed by atoms with Crippen molar-refractivity contribution in [2.75, 3.05) is 25.1 Å². The highest BCUT2D eigenvalue weighted by Crippen LogP contribution is 2.44. The molecule has 0 bridgehead atoms. The van der Waals surface area contributed by atoms with Crippen molar-refractivity contribution in [3.8, 4) is 5.75 Å². The first-order valence-corrected chi connectivity index (χ1v) is 7.94. The average Bonchev–Trinajstić information content (AvgIpc) is 2.75. The van der Waals surface area contributed by atoms with E-state index in [-0.39, 0.29) is 5.75 Å². The van der Waals surface area contributed by atoms with Gasteiger partial charge < -0.3 is 9.64 Å². The minimum atomic E-state index is -4.53. The first kappa shape index (κ1) is 16.9. The second kappa shape index (κ2) is 6.52. The van der Waals surface area contributed by atoms with Crippen LogP contribution < -0.4 is 14.4 Å². The van der Waals surface area contributed by atoms with Crippen LogP contribution in [0.15, 0.2) is 41.3 Å². The predicted molar refractivity (Wildman–Crippen MR) is 85.3 cm³/mol. The van der Waals surface area contributed by atoms with Gasteiger partial charge in [0.15, 0.2) is 0 Å². The third-order valence-corrected chi connectivity index (χ3v) is 4.53. The van der Waals surface area contributed by atoms with Crippen molar-refractivity contribution in [3.63, 3.8) is 0 Å². The van der Waals surface area contributed by atoms with Crippen LogP contribution in [-0.4, -0.2) is 20.2 Å². The number of nitrogens with one attached hydrogen (secondary N) is 1. The maximum Gasteiger partial charge on any atom is 0.420 e. The molecule has 0 saturated carbocycles. The quantitative estimate of drug-likeness (QED) is 0.626. The van der Waals surface area contributed by atoms with Gasteiger partial charge in [-0.05, 0) is 48.3 Å². The standard InChI is InChI=1S/C16H14F4N2OS/c1-23-14-9-15-13(8-12(14)16(18,19)20)22(7-6-21-24-15)11-4-2-10(17)3-5-11/h2-5,8-9,21H,6-7H2,1H3. The zero-order chi connectivity index (χ0) is 17.3. The number of ether oxygens (including phenoxy) is 1. The van der Waals surface area contributed by atoms with Crippen molar-refractivity contribution in [3.05, 3.63) is 47.8 Å². The van der Waals surface area contributed by atoms with E-state index in [0.717, 1.165) is 6.07 Å². The largest absolute Gasteiger partial charge is 0.496 e. The topological polar surface area (TPSA) is 24.5 Å². The Morgan fingerprint density at radius 1 is 1.17 bits per heavy atom. The Bertz CT molecular complexity index is 734. The SMILES string of the molecule is COc1cc2c(cc1C(F)(F)F)N(c1ccc(F)cc1)CCNS2. The van der Waals surface area contributed by atoms with Gasteiger partial charge in [-0.2, -0.15) is 13.2 Å². The molecule has 2 aromatic carbocycles. The number of hydrogen-bond acceptors (Lipinski definition) is 4. The molecule has 0 radical (unpaired) electrons. The summed E-state index contributed by atoms with van der Waals surface area (Å²) in [7, 11) is 1.21. The third-order valence-electron chi connectivity index (χ3n) is 3.64. The third kappa shape index (κ3) is 3.29.